The second kappa shape index (κ2) is 9.46. The molecule has 2 rings (SSSR count). The van der Waals surface area contributed by atoms with Crippen LogP contribution in [0.25, 0.3) is 0 Å². The van der Waals surface area contributed by atoms with Crippen LogP contribution in [-0.2, 0) is 6.42 Å². The molecule has 0 fully saturated rings. The van der Waals surface area contributed by atoms with Crippen molar-refractivity contribution in [2.45, 2.75) is 6.42 Å². The Hall–Kier alpha value is -2.83. The Bertz CT molecular complexity index is 693. The number of carbonyl (C=O) groups excluding carboxylic acids is 1. The summed E-state index contributed by atoms with van der Waals surface area (Å²) in [5.74, 6) is -0.903. The van der Waals surface area contributed by atoms with Crippen molar-refractivity contribution in [3.05, 3.63) is 59.7 Å². The maximum absolute atomic E-state index is 13.0. The zero-order valence-corrected chi connectivity index (χ0v) is 13.9. The first-order valence-corrected chi connectivity index (χ1v) is 7.81. The van der Waals surface area contributed by atoms with Gasteiger partial charge in [0.2, 0.25) is 0 Å². The molecule has 0 bridgehead atoms. The van der Waals surface area contributed by atoms with E-state index in [1.54, 1.807) is 7.11 Å². The van der Waals surface area contributed by atoms with E-state index in [1.165, 1.54) is 6.07 Å². The van der Waals surface area contributed by atoms with Crippen molar-refractivity contribution < 1.29 is 23.0 Å². The highest BCUT2D eigenvalue weighted by Gasteiger charge is 2.04. The summed E-state index contributed by atoms with van der Waals surface area (Å²) in [6, 6.07) is 10.6. The van der Waals surface area contributed by atoms with E-state index in [0.29, 0.717) is 13.0 Å². The SMILES string of the molecule is COc1ccc(CCNC(=O)NCCOc2ccc(F)c(F)c2)cc1. The van der Waals surface area contributed by atoms with Crippen LogP contribution in [0.3, 0.4) is 0 Å². The van der Waals surface area contributed by atoms with Crippen LogP contribution in [0.4, 0.5) is 13.6 Å². The molecule has 0 spiro atoms. The summed E-state index contributed by atoms with van der Waals surface area (Å²) in [4.78, 5) is 11.6. The minimum atomic E-state index is -0.971. The molecule has 0 heterocycles. The number of nitrogens with one attached hydrogen (secondary N) is 2. The topological polar surface area (TPSA) is 59.6 Å². The minimum Gasteiger partial charge on any atom is -0.497 e. The molecule has 2 amide bonds. The van der Waals surface area contributed by atoms with Crippen LogP contribution < -0.4 is 20.1 Å². The summed E-state index contributed by atoms with van der Waals surface area (Å²) in [7, 11) is 1.61. The number of halogens is 2. The first-order valence-electron chi connectivity index (χ1n) is 7.81. The largest absolute Gasteiger partial charge is 0.497 e. The van der Waals surface area contributed by atoms with E-state index in [0.717, 1.165) is 23.4 Å². The highest BCUT2D eigenvalue weighted by molar-refractivity contribution is 5.73. The van der Waals surface area contributed by atoms with Gasteiger partial charge in [-0.3, -0.25) is 0 Å². The van der Waals surface area contributed by atoms with Gasteiger partial charge in [-0.25, -0.2) is 13.6 Å². The van der Waals surface area contributed by atoms with E-state index < -0.39 is 11.6 Å². The lowest BCUT2D eigenvalue weighted by molar-refractivity contribution is 0.236. The van der Waals surface area contributed by atoms with Crippen molar-refractivity contribution >= 4 is 6.03 Å². The van der Waals surface area contributed by atoms with Gasteiger partial charge < -0.3 is 20.1 Å². The molecule has 0 saturated heterocycles. The predicted molar refractivity (Wildman–Crippen MR) is 90.0 cm³/mol. The van der Waals surface area contributed by atoms with Gasteiger partial charge in [0, 0.05) is 12.6 Å². The number of hydrogen-bond donors (Lipinski definition) is 2. The molecule has 0 aromatic heterocycles. The van der Waals surface area contributed by atoms with Gasteiger partial charge in [-0.15, -0.1) is 0 Å². The average molecular weight is 350 g/mol. The number of methoxy groups -OCH3 is 1. The van der Waals surface area contributed by atoms with Crippen molar-refractivity contribution in [3.63, 3.8) is 0 Å². The number of amides is 2. The van der Waals surface area contributed by atoms with Crippen molar-refractivity contribution in [1.82, 2.24) is 10.6 Å². The Kier molecular flexibility index (Phi) is 7.00. The average Bonchev–Trinajstić information content (AvgIpc) is 2.62. The maximum Gasteiger partial charge on any atom is 0.314 e. The molecule has 7 heteroatoms. The number of rotatable bonds is 8. The minimum absolute atomic E-state index is 0.150. The van der Waals surface area contributed by atoms with Gasteiger partial charge in [-0.05, 0) is 36.2 Å². The standard InChI is InChI=1S/C18H20F2N2O3/c1-24-14-4-2-13(3-5-14)8-9-21-18(23)22-10-11-25-15-6-7-16(19)17(20)12-15/h2-7,12H,8-11H2,1H3,(H2,21,22,23). The van der Waals surface area contributed by atoms with Crippen LogP contribution >= 0.6 is 0 Å². The molecule has 0 aliphatic rings. The van der Waals surface area contributed by atoms with Crippen LogP contribution in [0.5, 0.6) is 11.5 Å². The highest BCUT2D eigenvalue weighted by Crippen LogP contribution is 2.15. The molecule has 0 aliphatic heterocycles. The van der Waals surface area contributed by atoms with Gasteiger partial charge in [0.1, 0.15) is 18.1 Å². The third-order valence-electron chi connectivity index (χ3n) is 3.41. The molecule has 5 nitrogen and oxygen atoms in total. The Balaban J connectivity index is 1.59. The second-order valence-corrected chi connectivity index (χ2v) is 5.21. The smallest absolute Gasteiger partial charge is 0.314 e. The van der Waals surface area contributed by atoms with Crippen molar-refractivity contribution in [2.24, 2.45) is 0 Å². The third-order valence-corrected chi connectivity index (χ3v) is 3.41. The molecule has 2 aromatic rings. The lowest BCUT2D eigenvalue weighted by Gasteiger charge is -2.09. The molecule has 0 radical (unpaired) electrons. The van der Waals surface area contributed by atoms with Crippen molar-refractivity contribution in [1.29, 1.82) is 0 Å². The van der Waals surface area contributed by atoms with E-state index in [2.05, 4.69) is 10.6 Å². The fraction of sp³-hybridized carbons (Fsp3) is 0.278. The van der Waals surface area contributed by atoms with Gasteiger partial charge >= 0.3 is 6.03 Å². The Morgan fingerprint density at radius 3 is 2.32 bits per heavy atom. The lowest BCUT2D eigenvalue weighted by Crippen LogP contribution is -2.38. The van der Waals surface area contributed by atoms with Crippen LogP contribution in [-0.4, -0.2) is 32.8 Å². The van der Waals surface area contributed by atoms with Crippen LogP contribution in [0.1, 0.15) is 5.56 Å². The van der Waals surface area contributed by atoms with E-state index in [-0.39, 0.29) is 24.9 Å². The molecule has 0 saturated carbocycles. The Morgan fingerprint density at radius 2 is 1.64 bits per heavy atom. The summed E-state index contributed by atoms with van der Waals surface area (Å²) in [5, 5.41) is 5.35. The number of urea groups is 1. The zero-order chi connectivity index (χ0) is 18.1. The lowest BCUT2D eigenvalue weighted by atomic mass is 10.1. The molecular formula is C18H20F2N2O3. The maximum atomic E-state index is 13.0. The number of ether oxygens (including phenoxy) is 2. The van der Waals surface area contributed by atoms with Gasteiger partial charge in [0.25, 0.3) is 0 Å². The fourth-order valence-corrected chi connectivity index (χ4v) is 2.08. The van der Waals surface area contributed by atoms with Gasteiger partial charge in [-0.1, -0.05) is 12.1 Å². The number of benzene rings is 2. The molecular weight excluding hydrogens is 330 g/mol. The molecule has 2 aromatic carbocycles. The zero-order valence-electron chi connectivity index (χ0n) is 13.9. The third kappa shape index (κ3) is 6.29. The number of hydrogen-bond acceptors (Lipinski definition) is 3. The molecule has 0 atom stereocenters. The second-order valence-electron chi connectivity index (χ2n) is 5.21. The molecule has 0 unspecified atom stereocenters. The first-order chi connectivity index (χ1) is 12.1. The Morgan fingerprint density at radius 1 is 0.960 bits per heavy atom. The van der Waals surface area contributed by atoms with Crippen molar-refractivity contribution in [3.8, 4) is 11.5 Å². The molecule has 2 N–H and O–H groups in total. The summed E-state index contributed by atoms with van der Waals surface area (Å²) < 4.78 is 36.1. The highest BCUT2D eigenvalue weighted by atomic mass is 19.2. The Labute approximate surface area is 144 Å². The van der Waals surface area contributed by atoms with Gasteiger partial charge in [-0.2, -0.15) is 0 Å². The normalized spacial score (nSPS) is 10.2. The monoisotopic (exact) mass is 350 g/mol. The van der Waals surface area contributed by atoms with Crippen LogP contribution in [0.15, 0.2) is 42.5 Å². The van der Waals surface area contributed by atoms with E-state index in [9.17, 15) is 13.6 Å². The summed E-state index contributed by atoms with van der Waals surface area (Å²) >= 11 is 0. The van der Waals surface area contributed by atoms with E-state index >= 15 is 0 Å². The first kappa shape index (κ1) is 18.5. The van der Waals surface area contributed by atoms with Gasteiger partial charge in [0.15, 0.2) is 11.6 Å². The van der Waals surface area contributed by atoms with E-state index in [4.69, 9.17) is 9.47 Å². The molecule has 134 valence electrons. The predicted octanol–water partition coefficient (Wildman–Crippen LogP) is 2.89. The van der Waals surface area contributed by atoms with Crippen LogP contribution in [0.2, 0.25) is 0 Å². The quantitative estimate of drug-likeness (QED) is 0.720. The summed E-state index contributed by atoms with van der Waals surface area (Å²) in [6.45, 7) is 0.881. The van der Waals surface area contributed by atoms with Crippen LogP contribution in [0, 0.1) is 11.6 Å². The number of carbonyl (C=O) groups is 1. The molecule has 0 aliphatic carbocycles. The van der Waals surface area contributed by atoms with Gasteiger partial charge in [0.05, 0.1) is 13.7 Å². The fourth-order valence-electron chi connectivity index (χ4n) is 2.08. The summed E-state index contributed by atoms with van der Waals surface area (Å²) in [6.07, 6.45) is 0.697. The van der Waals surface area contributed by atoms with Crippen molar-refractivity contribution in [2.75, 3.05) is 26.8 Å². The summed E-state index contributed by atoms with van der Waals surface area (Å²) in [5.41, 5.74) is 1.09. The molecule has 25 heavy (non-hydrogen) atoms. The van der Waals surface area contributed by atoms with E-state index in [1.807, 2.05) is 24.3 Å².